The van der Waals surface area contributed by atoms with Crippen LogP contribution in [0.5, 0.6) is 5.75 Å². The topological polar surface area (TPSA) is 367 Å². The van der Waals surface area contributed by atoms with Crippen LogP contribution in [0.1, 0.15) is 129 Å². The van der Waals surface area contributed by atoms with Gasteiger partial charge in [0.2, 0.25) is 41.4 Å². The van der Waals surface area contributed by atoms with Crippen molar-refractivity contribution in [2.45, 2.75) is 150 Å². The second-order valence-corrected chi connectivity index (χ2v) is 23.9. The van der Waals surface area contributed by atoms with Crippen LogP contribution in [0.2, 0.25) is 0 Å². The predicted octanol–water partition coefficient (Wildman–Crippen LogP) is 2.45. The number of nitrogens with zero attached hydrogens (tertiary/aromatic N) is 3. The molecule has 29 heteroatoms. The van der Waals surface area contributed by atoms with E-state index in [9.17, 15) is 57.8 Å². The van der Waals surface area contributed by atoms with Crippen molar-refractivity contribution in [2.75, 3.05) is 92.4 Å². The van der Waals surface area contributed by atoms with Crippen molar-refractivity contribution >= 4 is 82.2 Å². The summed E-state index contributed by atoms with van der Waals surface area (Å²) < 4.78 is 33.4. The van der Waals surface area contributed by atoms with E-state index >= 15 is 0 Å². The third-order valence-electron chi connectivity index (χ3n) is 14.9. The number of esters is 2. The Hall–Kier alpha value is -7.44. The lowest BCUT2D eigenvalue weighted by Gasteiger charge is -2.38. The van der Waals surface area contributed by atoms with Gasteiger partial charge in [-0.25, -0.2) is 4.98 Å². The number of nitrogens with one attached hydrogen (secondary N) is 7. The van der Waals surface area contributed by atoms with Crippen molar-refractivity contribution in [1.82, 2.24) is 46.7 Å². The number of aliphatic carboxylic acids is 1. The molecular weight excluding hydrogens is 1190 g/mol. The van der Waals surface area contributed by atoms with Gasteiger partial charge >= 0.3 is 17.9 Å². The molecule has 0 aliphatic carbocycles. The Bertz CT molecular complexity index is 2770. The van der Waals surface area contributed by atoms with E-state index < -0.39 is 101 Å². The predicted molar refractivity (Wildman–Crippen MR) is 332 cm³/mol. The number of thiazole rings is 1. The SMILES string of the molecule is CC[C@H](C)[C@H](NC(=O)C(C)(C)N(C)C)C(=O)N(C)[C@H](C[C@@H](OC(C)=O)c1nc(C(=O)N[C@@H](Cc2ccc3c(c2)NC(=O)C(C)NC(=O)C(C)NC(=O)CCOCCOCCNC(=O)/C=C\C(=O)NCCOCCOCCC(=O)O3)CC(C)C(=O)O)cs1)C(C)C. The zero-order chi connectivity index (χ0) is 67.3. The molecule has 3 rings (SSSR count). The second-order valence-electron chi connectivity index (χ2n) is 23.0. The number of rotatable bonds is 19. The van der Waals surface area contributed by atoms with Gasteiger partial charge in [-0.15, -0.1) is 11.3 Å². The summed E-state index contributed by atoms with van der Waals surface area (Å²) in [6.45, 7) is 17.6. The number of ether oxygens (including phenoxy) is 6. The van der Waals surface area contributed by atoms with Crippen LogP contribution in [0.4, 0.5) is 5.69 Å². The molecule has 2 heterocycles. The smallest absolute Gasteiger partial charge is 0.313 e. The summed E-state index contributed by atoms with van der Waals surface area (Å²) in [6.07, 6.45) is 1.33. The molecule has 502 valence electrons. The standard InChI is InChI=1S/C61H94N10O18S/c1-14-37(4)53(69-60(83)61(9,10)70(11)12)58(80)71(13)46(36(2)3)34-48(88-41(8)72)57-68-45(35-90-57)56(79)66-43(31-38(5)59(81)82)32-42-15-16-47-44(33-42)67-55(78)40(7)65-54(77)39(6)64-51(75)19-23-84-27-29-86-25-21-62-49(73)17-18-50(74)63-22-26-87-30-28-85-24-20-52(76)89-47/h15-18,33,35-40,43,46,48,53H,14,19-32,34H2,1-13H3,(H,62,73)(H,63,74)(H,64,75)(H,65,77)(H,66,79)(H,67,78)(H,69,83)(H,81,82)/b18-17-/t37-,38?,39?,40?,43+,46+,48+,53-/m0/s1. The van der Waals surface area contributed by atoms with Crippen molar-refractivity contribution < 1.29 is 86.3 Å². The van der Waals surface area contributed by atoms with E-state index in [4.69, 9.17) is 28.4 Å². The number of likely N-dealkylation sites (N-methyl/N-ethyl adjacent to an activating group) is 2. The average molecular weight is 1290 g/mol. The van der Waals surface area contributed by atoms with Gasteiger partial charge in [-0.1, -0.05) is 47.1 Å². The molecule has 8 N–H and O–H groups in total. The van der Waals surface area contributed by atoms with Crippen molar-refractivity contribution in [2.24, 2.45) is 17.8 Å². The lowest BCUT2D eigenvalue weighted by atomic mass is 9.92. The van der Waals surface area contributed by atoms with Gasteiger partial charge in [-0.3, -0.25) is 57.6 Å². The molecule has 0 spiro atoms. The summed E-state index contributed by atoms with van der Waals surface area (Å²) in [5.41, 5.74) is -0.601. The molecule has 0 saturated carbocycles. The van der Waals surface area contributed by atoms with Crippen LogP contribution in [0.25, 0.3) is 0 Å². The highest BCUT2D eigenvalue weighted by molar-refractivity contribution is 7.09. The molecule has 90 heavy (non-hydrogen) atoms. The molecule has 0 fully saturated rings. The fraction of sp³-hybridized carbons (Fsp3) is 0.639. The molecule has 0 bridgehead atoms. The van der Waals surface area contributed by atoms with Crippen LogP contribution in [0.15, 0.2) is 35.7 Å². The lowest BCUT2D eigenvalue weighted by Crippen LogP contribution is -2.60. The number of carbonyl (C=O) groups excluding carboxylic acids is 10. The first-order chi connectivity index (χ1) is 42.4. The maximum atomic E-state index is 14.4. The Morgan fingerprint density at radius 2 is 1.37 bits per heavy atom. The van der Waals surface area contributed by atoms with Gasteiger partial charge < -0.3 is 75.6 Å². The number of carboxylic acids is 1. The van der Waals surface area contributed by atoms with Crippen LogP contribution >= 0.6 is 11.3 Å². The number of benzene rings is 1. The summed E-state index contributed by atoms with van der Waals surface area (Å²) in [4.78, 5) is 152. The first kappa shape index (κ1) is 76.8. The molecule has 1 aliphatic rings. The molecule has 2 aromatic rings. The highest BCUT2D eigenvalue weighted by Crippen LogP contribution is 2.32. The van der Waals surface area contributed by atoms with Crippen LogP contribution in [0, 0.1) is 17.8 Å². The van der Waals surface area contributed by atoms with Crippen LogP contribution < -0.4 is 42.0 Å². The van der Waals surface area contributed by atoms with Gasteiger partial charge in [-0.2, -0.15) is 0 Å². The van der Waals surface area contributed by atoms with E-state index in [1.165, 1.54) is 45.2 Å². The molecule has 8 amide bonds. The maximum Gasteiger partial charge on any atom is 0.313 e. The minimum atomic E-state index is -1.22. The third-order valence-corrected chi connectivity index (χ3v) is 15.9. The largest absolute Gasteiger partial charge is 0.481 e. The summed E-state index contributed by atoms with van der Waals surface area (Å²) >= 11 is 1.05. The molecule has 3 unspecified atom stereocenters. The Morgan fingerprint density at radius 3 is 1.92 bits per heavy atom. The van der Waals surface area contributed by atoms with Gasteiger partial charge in [0, 0.05) is 69.5 Å². The second kappa shape index (κ2) is 39.0. The van der Waals surface area contributed by atoms with Crippen LogP contribution in [0.3, 0.4) is 0 Å². The van der Waals surface area contributed by atoms with Gasteiger partial charge in [0.15, 0.2) is 11.9 Å². The zero-order valence-corrected chi connectivity index (χ0v) is 54.9. The van der Waals surface area contributed by atoms with E-state index in [0.29, 0.717) is 12.0 Å². The van der Waals surface area contributed by atoms with Gasteiger partial charge in [0.05, 0.1) is 76.4 Å². The van der Waals surface area contributed by atoms with Crippen molar-refractivity contribution in [3.63, 3.8) is 0 Å². The monoisotopic (exact) mass is 1290 g/mol. The summed E-state index contributed by atoms with van der Waals surface area (Å²) in [5.74, 6) is -8.41. The van der Waals surface area contributed by atoms with E-state index in [1.807, 2.05) is 27.7 Å². The highest BCUT2D eigenvalue weighted by atomic mass is 32.1. The Kier molecular flexibility index (Phi) is 33.2. The minimum Gasteiger partial charge on any atom is -0.481 e. The quantitative estimate of drug-likeness (QED) is 0.0739. The molecule has 0 radical (unpaired) electrons. The maximum absolute atomic E-state index is 14.4. The zero-order valence-electron chi connectivity index (χ0n) is 54.1. The number of hydrogen-bond acceptors (Lipinski definition) is 20. The third kappa shape index (κ3) is 26.9. The molecule has 1 aliphatic heterocycles. The van der Waals surface area contributed by atoms with Crippen molar-refractivity contribution in [3.8, 4) is 5.75 Å². The van der Waals surface area contributed by atoms with E-state index in [1.54, 1.807) is 50.9 Å². The Balaban J connectivity index is 1.90. The molecule has 1 aromatic carbocycles. The van der Waals surface area contributed by atoms with Gasteiger partial charge in [-0.05, 0) is 84.2 Å². The summed E-state index contributed by atoms with van der Waals surface area (Å²) in [6, 6.07) is -0.202. The highest BCUT2D eigenvalue weighted by Gasteiger charge is 2.39. The number of fused-ring (bicyclic) bond motifs is 1. The lowest BCUT2D eigenvalue weighted by molar-refractivity contribution is -0.149. The Morgan fingerprint density at radius 1 is 0.789 bits per heavy atom. The van der Waals surface area contributed by atoms with Crippen LogP contribution in [-0.4, -0.2) is 208 Å². The molecule has 8 atom stereocenters. The number of carbonyl (C=O) groups is 11. The van der Waals surface area contributed by atoms with Crippen LogP contribution in [-0.2, 0) is 78.1 Å². The number of hydrogen-bond donors (Lipinski definition) is 8. The fourth-order valence-electron chi connectivity index (χ4n) is 8.70. The molecule has 1 aromatic heterocycles. The van der Waals surface area contributed by atoms with Crippen molar-refractivity contribution in [1.29, 1.82) is 0 Å². The molecule has 0 saturated heterocycles. The normalized spacial score (nSPS) is 19.8. The molecule has 28 nitrogen and oxygen atoms in total. The molecular formula is C61H94N10O18S. The van der Waals surface area contributed by atoms with E-state index in [0.717, 1.165) is 23.5 Å². The van der Waals surface area contributed by atoms with Crippen molar-refractivity contribution in [3.05, 3.63) is 52.0 Å². The number of aromatic nitrogens is 1. The van der Waals surface area contributed by atoms with E-state index in [-0.39, 0.29) is 144 Å². The number of anilines is 1. The average Bonchev–Trinajstić information content (AvgIpc) is 1.33. The first-order valence-electron chi connectivity index (χ1n) is 30.2. The summed E-state index contributed by atoms with van der Waals surface area (Å²) in [5, 5.41) is 30.6. The van der Waals surface area contributed by atoms with E-state index in [2.05, 4.69) is 42.2 Å². The Labute approximate surface area is 530 Å². The summed E-state index contributed by atoms with van der Waals surface area (Å²) in [7, 11) is 5.19. The fourth-order valence-corrected chi connectivity index (χ4v) is 9.54. The minimum absolute atomic E-state index is 0.000254. The van der Waals surface area contributed by atoms with Gasteiger partial charge in [0.25, 0.3) is 5.91 Å². The first-order valence-corrected chi connectivity index (χ1v) is 31.0. The number of carboxylic acid groups (broad SMARTS) is 1. The van der Waals surface area contributed by atoms with Gasteiger partial charge in [0.1, 0.15) is 28.8 Å². The number of amides is 8.